The first-order valence-electron chi connectivity index (χ1n) is 10.1. The molecule has 0 radical (unpaired) electrons. The highest BCUT2D eigenvalue weighted by Crippen LogP contribution is 2.22. The summed E-state index contributed by atoms with van der Waals surface area (Å²) < 4.78 is 5.63. The van der Waals surface area contributed by atoms with Crippen molar-refractivity contribution in [2.24, 2.45) is 5.92 Å². The monoisotopic (exact) mass is 412 g/mol. The molecule has 0 spiro atoms. The van der Waals surface area contributed by atoms with Crippen LogP contribution in [0.15, 0.2) is 48.5 Å². The maximum absolute atomic E-state index is 12.9. The van der Waals surface area contributed by atoms with E-state index in [1.807, 2.05) is 0 Å². The number of hydrogen-bond acceptors (Lipinski definition) is 6. The van der Waals surface area contributed by atoms with Crippen molar-refractivity contribution in [3.63, 3.8) is 0 Å². The molecule has 0 aliphatic carbocycles. The van der Waals surface area contributed by atoms with Gasteiger partial charge in [0.15, 0.2) is 0 Å². The van der Waals surface area contributed by atoms with E-state index in [1.165, 1.54) is 12.1 Å². The summed E-state index contributed by atoms with van der Waals surface area (Å²) >= 11 is 0. The molecule has 0 saturated carbocycles. The summed E-state index contributed by atoms with van der Waals surface area (Å²) in [6, 6.07) is 12.3. The molecule has 1 aliphatic rings. The predicted molar refractivity (Wildman–Crippen MR) is 112 cm³/mol. The molecule has 3 rings (SSSR count). The summed E-state index contributed by atoms with van der Waals surface area (Å²) in [5.74, 6) is -0.932. The smallest absolute Gasteiger partial charge is 0.335 e. The fourth-order valence-electron chi connectivity index (χ4n) is 3.54. The van der Waals surface area contributed by atoms with Crippen LogP contribution in [0.3, 0.4) is 0 Å². The van der Waals surface area contributed by atoms with Crippen LogP contribution in [-0.4, -0.2) is 53.8 Å². The number of aromatic carboxylic acids is 1. The van der Waals surface area contributed by atoms with Crippen LogP contribution in [0.4, 0.5) is 0 Å². The summed E-state index contributed by atoms with van der Waals surface area (Å²) in [4.78, 5) is 26.1. The number of nitrogens with one attached hydrogen (secondary N) is 1. The van der Waals surface area contributed by atoms with Crippen molar-refractivity contribution < 1.29 is 24.5 Å². The minimum atomic E-state index is -0.982. The number of carboxylic acids is 1. The van der Waals surface area contributed by atoms with Crippen molar-refractivity contribution in [3.05, 3.63) is 65.2 Å². The molecule has 0 bridgehead atoms. The third-order valence-electron chi connectivity index (χ3n) is 5.45. The van der Waals surface area contributed by atoms with Crippen molar-refractivity contribution >= 4 is 11.9 Å². The van der Waals surface area contributed by atoms with E-state index in [0.29, 0.717) is 24.6 Å². The molecular formula is C23H28N2O5. The van der Waals surface area contributed by atoms with E-state index >= 15 is 0 Å². The third kappa shape index (κ3) is 6.05. The second kappa shape index (κ2) is 10.2. The zero-order valence-electron chi connectivity index (χ0n) is 17.1. The Morgan fingerprint density at radius 2 is 1.87 bits per heavy atom. The van der Waals surface area contributed by atoms with Crippen LogP contribution in [0.2, 0.25) is 0 Å². The van der Waals surface area contributed by atoms with Gasteiger partial charge in [-0.25, -0.2) is 9.59 Å². The number of carbonyl (C=O) groups excluding carboxylic acids is 1. The largest absolute Gasteiger partial charge is 0.508 e. The minimum absolute atomic E-state index is 0.0771. The highest BCUT2D eigenvalue weighted by atomic mass is 16.5. The predicted octanol–water partition coefficient (Wildman–Crippen LogP) is 2.81. The normalized spacial score (nSPS) is 16.2. The number of esters is 1. The van der Waals surface area contributed by atoms with Gasteiger partial charge in [-0.05, 0) is 74.3 Å². The summed E-state index contributed by atoms with van der Waals surface area (Å²) in [7, 11) is 2.09. The number of carboxylic acid groups (broad SMARTS) is 1. The summed E-state index contributed by atoms with van der Waals surface area (Å²) in [6.45, 7) is 2.74. The lowest BCUT2D eigenvalue weighted by molar-refractivity contribution is -0.148. The van der Waals surface area contributed by atoms with E-state index in [4.69, 9.17) is 9.84 Å². The van der Waals surface area contributed by atoms with Crippen LogP contribution in [0.5, 0.6) is 5.75 Å². The Balaban J connectivity index is 1.65. The maximum atomic E-state index is 12.9. The summed E-state index contributed by atoms with van der Waals surface area (Å²) in [6.07, 6.45) is 2.01. The lowest BCUT2D eigenvalue weighted by Crippen LogP contribution is -2.34. The Labute approximate surface area is 176 Å². The number of piperidine rings is 1. The number of likely N-dealkylation sites (tertiary alicyclic amines) is 1. The van der Waals surface area contributed by atoms with Crippen LogP contribution in [0.25, 0.3) is 0 Å². The Kier molecular flexibility index (Phi) is 7.43. The molecule has 1 saturated heterocycles. The quantitative estimate of drug-likeness (QED) is 0.574. The fourth-order valence-corrected chi connectivity index (χ4v) is 3.54. The zero-order valence-corrected chi connectivity index (χ0v) is 17.1. The third-order valence-corrected chi connectivity index (χ3v) is 5.45. The van der Waals surface area contributed by atoms with Gasteiger partial charge in [-0.1, -0.05) is 24.3 Å². The van der Waals surface area contributed by atoms with Gasteiger partial charge in [0.1, 0.15) is 11.8 Å². The van der Waals surface area contributed by atoms with Gasteiger partial charge in [0, 0.05) is 6.54 Å². The van der Waals surface area contributed by atoms with Crippen LogP contribution >= 0.6 is 0 Å². The van der Waals surface area contributed by atoms with E-state index < -0.39 is 12.0 Å². The standard InChI is InChI=1S/C23H28N2O5/c1-25-11-9-17(10-12-25)15-30-23(29)21(19-3-2-4-20(26)13-19)24-14-16-5-7-18(8-6-16)22(27)28/h2-8,13,17,21,24,26H,9-12,14-15H2,1H3,(H,27,28). The SMILES string of the molecule is CN1CCC(COC(=O)C(NCc2ccc(C(=O)O)cc2)c2cccc(O)c2)CC1. The van der Waals surface area contributed by atoms with Crippen molar-refractivity contribution in [2.45, 2.75) is 25.4 Å². The van der Waals surface area contributed by atoms with Gasteiger partial charge in [0.25, 0.3) is 0 Å². The van der Waals surface area contributed by atoms with Gasteiger partial charge in [0.2, 0.25) is 0 Å². The van der Waals surface area contributed by atoms with Gasteiger partial charge in [-0.2, -0.15) is 0 Å². The fraction of sp³-hybridized carbons (Fsp3) is 0.391. The number of phenols is 1. The molecule has 1 fully saturated rings. The number of phenolic OH excluding ortho intramolecular Hbond substituents is 1. The maximum Gasteiger partial charge on any atom is 0.335 e. The van der Waals surface area contributed by atoms with Crippen LogP contribution in [0.1, 0.15) is 40.4 Å². The molecule has 30 heavy (non-hydrogen) atoms. The molecule has 1 aliphatic heterocycles. The van der Waals surface area contributed by atoms with Gasteiger partial charge in [-0.15, -0.1) is 0 Å². The van der Waals surface area contributed by atoms with Gasteiger partial charge in [-0.3, -0.25) is 5.32 Å². The average molecular weight is 412 g/mol. The average Bonchev–Trinajstić information content (AvgIpc) is 2.74. The molecule has 2 aromatic carbocycles. The molecule has 2 aromatic rings. The van der Waals surface area contributed by atoms with E-state index in [-0.39, 0.29) is 17.3 Å². The Morgan fingerprint density at radius 1 is 1.17 bits per heavy atom. The molecule has 3 N–H and O–H groups in total. The van der Waals surface area contributed by atoms with E-state index in [0.717, 1.165) is 31.5 Å². The Bertz CT molecular complexity index is 860. The van der Waals surface area contributed by atoms with Gasteiger partial charge < -0.3 is 19.8 Å². The summed E-state index contributed by atoms with van der Waals surface area (Å²) in [5.41, 5.74) is 1.67. The lowest BCUT2D eigenvalue weighted by Gasteiger charge is -2.29. The molecule has 0 amide bonds. The molecule has 7 heteroatoms. The van der Waals surface area contributed by atoms with Crippen molar-refractivity contribution in [2.75, 3.05) is 26.7 Å². The number of aromatic hydroxyl groups is 1. The van der Waals surface area contributed by atoms with E-state index in [2.05, 4.69) is 17.3 Å². The molecule has 1 atom stereocenters. The first kappa shape index (κ1) is 21.8. The molecule has 7 nitrogen and oxygen atoms in total. The molecule has 1 unspecified atom stereocenters. The lowest BCUT2D eigenvalue weighted by atomic mass is 9.98. The Morgan fingerprint density at radius 3 is 2.50 bits per heavy atom. The second-order valence-electron chi connectivity index (χ2n) is 7.79. The number of nitrogens with zero attached hydrogens (tertiary/aromatic N) is 1. The zero-order chi connectivity index (χ0) is 21.5. The van der Waals surface area contributed by atoms with Crippen LogP contribution in [0, 0.1) is 5.92 Å². The molecule has 1 heterocycles. The van der Waals surface area contributed by atoms with Gasteiger partial charge in [0.05, 0.1) is 12.2 Å². The first-order valence-corrected chi connectivity index (χ1v) is 10.1. The molecule has 160 valence electrons. The van der Waals surface area contributed by atoms with Crippen LogP contribution < -0.4 is 5.32 Å². The number of ether oxygens (including phenoxy) is 1. The van der Waals surface area contributed by atoms with E-state index in [1.54, 1.807) is 36.4 Å². The highest BCUT2D eigenvalue weighted by molar-refractivity contribution is 5.87. The first-order chi connectivity index (χ1) is 14.4. The second-order valence-corrected chi connectivity index (χ2v) is 7.79. The van der Waals surface area contributed by atoms with E-state index in [9.17, 15) is 14.7 Å². The number of rotatable bonds is 8. The number of carbonyl (C=O) groups is 2. The molecule has 0 aromatic heterocycles. The van der Waals surface area contributed by atoms with Crippen LogP contribution in [-0.2, 0) is 16.1 Å². The Hall–Kier alpha value is -2.90. The number of hydrogen-bond donors (Lipinski definition) is 3. The number of benzene rings is 2. The minimum Gasteiger partial charge on any atom is -0.508 e. The summed E-state index contributed by atoms with van der Waals surface area (Å²) in [5, 5.41) is 22.0. The van der Waals surface area contributed by atoms with Gasteiger partial charge >= 0.3 is 11.9 Å². The van der Waals surface area contributed by atoms with Crippen molar-refractivity contribution in [3.8, 4) is 5.75 Å². The van der Waals surface area contributed by atoms with Crippen molar-refractivity contribution in [1.82, 2.24) is 10.2 Å². The van der Waals surface area contributed by atoms with Crippen molar-refractivity contribution in [1.29, 1.82) is 0 Å². The topological polar surface area (TPSA) is 99.1 Å². The molecular weight excluding hydrogens is 384 g/mol. The highest BCUT2D eigenvalue weighted by Gasteiger charge is 2.25.